The number of rotatable bonds is 10. The highest BCUT2D eigenvalue weighted by molar-refractivity contribution is 7.93. The quantitative estimate of drug-likeness (QED) is 0.259. The van der Waals surface area contributed by atoms with Gasteiger partial charge in [-0.05, 0) is 86.0 Å². The third-order valence-corrected chi connectivity index (χ3v) is 9.53. The van der Waals surface area contributed by atoms with Gasteiger partial charge in [-0.3, -0.25) is 13.8 Å². The lowest BCUT2D eigenvalue weighted by Gasteiger charge is -2.26. The number of aryl methyl sites for hydroxylation is 3. The van der Waals surface area contributed by atoms with Crippen LogP contribution in [0.25, 0.3) is 0 Å². The van der Waals surface area contributed by atoms with E-state index < -0.39 is 32.5 Å². The Balaban J connectivity index is 1.58. The normalized spacial score (nSPS) is 11.5. The zero-order valence-corrected chi connectivity index (χ0v) is 24.7. The van der Waals surface area contributed by atoms with Gasteiger partial charge in [-0.1, -0.05) is 42.5 Å². The molecule has 0 aliphatic rings. The van der Waals surface area contributed by atoms with E-state index in [-0.39, 0.29) is 21.2 Å². The van der Waals surface area contributed by atoms with Crippen molar-refractivity contribution in [1.82, 2.24) is 0 Å². The van der Waals surface area contributed by atoms with Gasteiger partial charge in [0.1, 0.15) is 12.3 Å². The van der Waals surface area contributed by atoms with Crippen molar-refractivity contribution in [3.8, 4) is 5.75 Å². The second-order valence-electron chi connectivity index (χ2n) is 9.44. The van der Waals surface area contributed by atoms with Gasteiger partial charge in [-0.15, -0.1) is 0 Å². The predicted octanol–water partition coefficient (Wildman–Crippen LogP) is 5.26. The SMILES string of the molecule is COc1ccc(C)cc1N(CC(=O)Nc1ccc(S(=O)(=O)Nc2c(C)cccc2C)cc1)S(=O)(=O)c1ccccc1. The maximum atomic E-state index is 13.7. The number of methoxy groups -OCH3 is 1. The maximum Gasteiger partial charge on any atom is 0.264 e. The molecule has 4 rings (SSSR count). The minimum absolute atomic E-state index is 0.0101. The minimum Gasteiger partial charge on any atom is -0.495 e. The summed E-state index contributed by atoms with van der Waals surface area (Å²) in [5, 5.41) is 2.66. The number of nitrogens with one attached hydrogen (secondary N) is 2. The summed E-state index contributed by atoms with van der Waals surface area (Å²) in [6, 6.07) is 24.0. The third-order valence-electron chi connectivity index (χ3n) is 6.39. The van der Waals surface area contributed by atoms with Crippen molar-refractivity contribution in [2.24, 2.45) is 0 Å². The molecule has 0 aliphatic carbocycles. The first kappa shape index (κ1) is 29.6. The molecule has 0 heterocycles. The molecule has 0 fully saturated rings. The van der Waals surface area contributed by atoms with E-state index >= 15 is 0 Å². The molecular weight excluding hydrogens is 562 g/mol. The number of carbonyl (C=O) groups excluding carboxylic acids is 1. The zero-order valence-electron chi connectivity index (χ0n) is 23.1. The summed E-state index contributed by atoms with van der Waals surface area (Å²) in [4.78, 5) is 13.2. The molecule has 11 heteroatoms. The number of nitrogens with zero attached hydrogens (tertiary/aromatic N) is 1. The summed E-state index contributed by atoms with van der Waals surface area (Å²) in [6.45, 7) is 4.89. The van der Waals surface area contributed by atoms with Crippen LogP contribution in [0.15, 0.2) is 101 Å². The molecule has 0 saturated heterocycles. The van der Waals surface area contributed by atoms with Gasteiger partial charge >= 0.3 is 0 Å². The molecule has 0 radical (unpaired) electrons. The average Bonchev–Trinajstić information content (AvgIpc) is 2.94. The molecule has 0 aliphatic heterocycles. The molecule has 0 spiro atoms. The predicted molar refractivity (Wildman–Crippen MR) is 161 cm³/mol. The fourth-order valence-corrected chi connectivity index (χ4v) is 6.88. The standard InChI is InChI=1S/C30H31N3O6S2/c1-21-13-18-28(39-4)27(19-21)33(41(37,38)26-11-6-5-7-12-26)20-29(34)31-24-14-16-25(17-15-24)40(35,36)32-30-22(2)9-8-10-23(30)3/h5-19,32H,20H2,1-4H3,(H,31,34). The number of hydrogen-bond donors (Lipinski definition) is 2. The smallest absolute Gasteiger partial charge is 0.264 e. The van der Waals surface area contributed by atoms with Gasteiger partial charge in [0.05, 0.1) is 28.3 Å². The van der Waals surface area contributed by atoms with Crippen molar-refractivity contribution in [3.05, 3.63) is 108 Å². The van der Waals surface area contributed by atoms with E-state index in [9.17, 15) is 21.6 Å². The lowest BCUT2D eigenvalue weighted by molar-refractivity contribution is -0.114. The van der Waals surface area contributed by atoms with Crippen LogP contribution in [0.4, 0.5) is 17.1 Å². The van der Waals surface area contributed by atoms with Crippen LogP contribution < -0.4 is 19.1 Å². The van der Waals surface area contributed by atoms with Gasteiger partial charge in [0.25, 0.3) is 20.0 Å². The van der Waals surface area contributed by atoms with Crippen molar-refractivity contribution >= 4 is 43.0 Å². The van der Waals surface area contributed by atoms with E-state index in [2.05, 4.69) is 10.0 Å². The molecule has 9 nitrogen and oxygen atoms in total. The van der Waals surface area contributed by atoms with Crippen LogP contribution in [0.2, 0.25) is 0 Å². The first-order valence-corrected chi connectivity index (χ1v) is 15.6. The first-order chi connectivity index (χ1) is 19.4. The summed E-state index contributed by atoms with van der Waals surface area (Å²) >= 11 is 0. The summed E-state index contributed by atoms with van der Waals surface area (Å²) in [5.74, 6) is -0.341. The lowest BCUT2D eigenvalue weighted by Crippen LogP contribution is -2.38. The van der Waals surface area contributed by atoms with Gasteiger partial charge in [-0.2, -0.15) is 0 Å². The van der Waals surface area contributed by atoms with Crippen LogP contribution in [0.5, 0.6) is 5.75 Å². The number of para-hydroxylation sites is 1. The second kappa shape index (κ2) is 12.0. The topological polar surface area (TPSA) is 122 Å². The van der Waals surface area contributed by atoms with Crippen molar-refractivity contribution in [3.63, 3.8) is 0 Å². The number of carbonyl (C=O) groups is 1. The molecule has 0 unspecified atom stereocenters. The van der Waals surface area contributed by atoms with Crippen molar-refractivity contribution in [2.75, 3.05) is 28.0 Å². The zero-order chi connectivity index (χ0) is 29.8. The number of ether oxygens (including phenoxy) is 1. The summed E-state index contributed by atoms with van der Waals surface area (Å²) in [5.41, 5.74) is 3.38. The van der Waals surface area contributed by atoms with Crippen LogP contribution in [0.3, 0.4) is 0 Å². The average molecular weight is 594 g/mol. The third kappa shape index (κ3) is 6.69. The van der Waals surface area contributed by atoms with Gasteiger partial charge in [0.15, 0.2) is 0 Å². The molecule has 41 heavy (non-hydrogen) atoms. The molecule has 0 saturated carbocycles. The molecule has 0 atom stereocenters. The van der Waals surface area contributed by atoms with E-state index in [0.717, 1.165) is 21.0 Å². The summed E-state index contributed by atoms with van der Waals surface area (Å²) in [7, 11) is -6.61. The summed E-state index contributed by atoms with van der Waals surface area (Å²) in [6.07, 6.45) is 0. The molecule has 0 bridgehead atoms. The van der Waals surface area contributed by atoms with Crippen LogP contribution in [0, 0.1) is 20.8 Å². The molecule has 2 N–H and O–H groups in total. The van der Waals surface area contributed by atoms with E-state index in [1.54, 1.807) is 43.3 Å². The van der Waals surface area contributed by atoms with Gasteiger partial charge in [0.2, 0.25) is 5.91 Å². The highest BCUT2D eigenvalue weighted by Crippen LogP contribution is 2.33. The Labute approximate surface area is 240 Å². The van der Waals surface area contributed by atoms with Gasteiger partial charge in [0, 0.05) is 5.69 Å². The fraction of sp³-hybridized carbons (Fsp3) is 0.167. The summed E-state index contributed by atoms with van der Waals surface area (Å²) < 4.78 is 62.4. The van der Waals surface area contributed by atoms with Crippen LogP contribution >= 0.6 is 0 Å². The van der Waals surface area contributed by atoms with Crippen LogP contribution in [-0.4, -0.2) is 36.4 Å². The van der Waals surface area contributed by atoms with Gasteiger partial charge in [-0.25, -0.2) is 16.8 Å². The molecule has 4 aromatic rings. The Hall–Kier alpha value is -4.35. The highest BCUT2D eigenvalue weighted by atomic mass is 32.2. The lowest BCUT2D eigenvalue weighted by atomic mass is 10.1. The Kier molecular flexibility index (Phi) is 8.69. The van der Waals surface area contributed by atoms with Crippen LogP contribution in [0.1, 0.15) is 16.7 Å². The van der Waals surface area contributed by atoms with E-state index in [1.165, 1.54) is 43.5 Å². The molecule has 4 aromatic carbocycles. The van der Waals surface area contributed by atoms with Gasteiger partial charge < -0.3 is 10.1 Å². The van der Waals surface area contributed by atoms with Crippen molar-refractivity contribution in [1.29, 1.82) is 0 Å². The van der Waals surface area contributed by atoms with Crippen LogP contribution in [-0.2, 0) is 24.8 Å². The fourth-order valence-electron chi connectivity index (χ4n) is 4.23. The van der Waals surface area contributed by atoms with E-state index in [1.807, 2.05) is 32.0 Å². The highest BCUT2D eigenvalue weighted by Gasteiger charge is 2.29. The molecule has 214 valence electrons. The Morgan fingerprint density at radius 1 is 0.780 bits per heavy atom. The first-order valence-electron chi connectivity index (χ1n) is 12.6. The molecule has 0 aromatic heterocycles. The molecule has 1 amide bonds. The largest absolute Gasteiger partial charge is 0.495 e. The maximum absolute atomic E-state index is 13.7. The van der Waals surface area contributed by atoms with Crippen molar-refractivity contribution < 1.29 is 26.4 Å². The number of benzene rings is 4. The Morgan fingerprint density at radius 2 is 1.41 bits per heavy atom. The molecular formula is C30H31N3O6S2. The van der Waals surface area contributed by atoms with E-state index in [0.29, 0.717) is 11.4 Å². The second-order valence-corrected chi connectivity index (χ2v) is 13.0. The number of anilines is 3. The Morgan fingerprint density at radius 3 is 2.02 bits per heavy atom. The van der Waals surface area contributed by atoms with E-state index in [4.69, 9.17) is 4.74 Å². The van der Waals surface area contributed by atoms with Crippen molar-refractivity contribution in [2.45, 2.75) is 30.6 Å². The monoisotopic (exact) mass is 593 g/mol. The Bertz CT molecular complexity index is 1750. The minimum atomic E-state index is -4.15. The number of hydrogen-bond acceptors (Lipinski definition) is 6. The number of amides is 1. The number of sulfonamides is 2.